The highest BCUT2D eigenvalue weighted by Crippen LogP contribution is 2.18. The molecule has 35 heavy (non-hydrogen) atoms. The molecule has 0 aromatic heterocycles. The van der Waals surface area contributed by atoms with Crippen LogP contribution in [0.3, 0.4) is 0 Å². The average molecular weight is 501 g/mol. The van der Waals surface area contributed by atoms with E-state index in [1.54, 1.807) is 0 Å². The first-order chi connectivity index (χ1) is 17.2. The van der Waals surface area contributed by atoms with Gasteiger partial charge in [0.05, 0.1) is 31.8 Å². The summed E-state index contributed by atoms with van der Waals surface area (Å²) in [6.07, 6.45) is 29.1. The first-order valence-corrected chi connectivity index (χ1v) is 15.6. The summed E-state index contributed by atoms with van der Waals surface area (Å²) >= 11 is 0. The maximum Gasteiger partial charge on any atom is 0.0632 e. The molecule has 0 unspecified atom stereocenters. The number of aliphatic hydroxyl groups is 2. The van der Waals surface area contributed by atoms with Crippen molar-refractivity contribution in [3.63, 3.8) is 0 Å². The summed E-state index contributed by atoms with van der Waals surface area (Å²) in [4.78, 5) is 0. The molecule has 2 N–H and O–H groups in total. The quantitative estimate of drug-likeness (QED) is 0.0969. The van der Waals surface area contributed by atoms with Gasteiger partial charge in [-0.3, -0.25) is 0 Å². The predicted molar refractivity (Wildman–Crippen MR) is 151 cm³/mol. The Morgan fingerprint density at radius 3 is 0.914 bits per heavy atom. The van der Waals surface area contributed by atoms with E-state index in [9.17, 15) is 10.2 Å². The van der Waals surface area contributed by atoms with Gasteiger partial charge in [0.25, 0.3) is 0 Å². The highest BCUT2D eigenvalue weighted by Gasteiger charge is 2.29. The third-order valence-electron chi connectivity index (χ3n) is 7.27. The molecule has 0 aromatic carbocycles. The lowest BCUT2D eigenvalue weighted by atomic mass is 9.92. The van der Waals surface area contributed by atoms with E-state index in [0.717, 1.165) is 12.8 Å². The predicted octanol–water partition coefficient (Wildman–Crippen LogP) is 8.61. The Hall–Kier alpha value is -0.160. The van der Waals surface area contributed by atoms with Gasteiger partial charge in [0, 0.05) is 13.2 Å². The van der Waals surface area contributed by atoms with Gasteiger partial charge in [0.1, 0.15) is 0 Å². The van der Waals surface area contributed by atoms with Crippen molar-refractivity contribution in [1.29, 1.82) is 0 Å². The zero-order valence-electron chi connectivity index (χ0n) is 24.0. The number of hydrogen-bond donors (Lipinski definition) is 2. The van der Waals surface area contributed by atoms with Crippen LogP contribution < -0.4 is 0 Å². The van der Waals surface area contributed by atoms with E-state index in [2.05, 4.69) is 13.8 Å². The van der Waals surface area contributed by atoms with Crippen molar-refractivity contribution >= 4 is 0 Å². The highest BCUT2D eigenvalue weighted by molar-refractivity contribution is 4.77. The summed E-state index contributed by atoms with van der Waals surface area (Å²) in [7, 11) is 0. The zero-order chi connectivity index (χ0) is 25.7. The van der Waals surface area contributed by atoms with Crippen LogP contribution in [-0.2, 0) is 9.47 Å². The lowest BCUT2D eigenvalue weighted by Crippen LogP contribution is -2.40. The second kappa shape index (κ2) is 28.4. The minimum absolute atomic E-state index is 0.0972. The van der Waals surface area contributed by atoms with Crippen LogP contribution >= 0.6 is 0 Å². The van der Waals surface area contributed by atoms with Crippen LogP contribution in [0.15, 0.2) is 0 Å². The third-order valence-corrected chi connectivity index (χ3v) is 7.27. The Morgan fingerprint density at radius 2 is 0.657 bits per heavy atom. The van der Waals surface area contributed by atoms with Crippen LogP contribution in [0.2, 0.25) is 0 Å². The van der Waals surface area contributed by atoms with Crippen molar-refractivity contribution in [2.45, 2.75) is 155 Å². The van der Waals surface area contributed by atoms with Gasteiger partial charge >= 0.3 is 0 Å². The van der Waals surface area contributed by atoms with Gasteiger partial charge in [0.15, 0.2) is 0 Å². The van der Waals surface area contributed by atoms with Gasteiger partial charge in [-0.25, -0.2) is 0 Å². The molecular weight excluding hydrogens is 436 g/mol. The fraction of sp³-hybridized carbons (Fsp3) is 1.00. The Balaban J connectivity index is 3.56. The number of hydrogen-bond acceptors (Lipinski definition) is 4. The van der Waals surface area contributed by atoms with Crippen molar-refractivity contribution in [1.82, 2.24) is 0 Å². The standard InChI is InChI=1S/C31H64O4/c1-3-5-7-9-11-13-15-17-19-21-23-25-34-29-31(27-32,28-33)30-35-26-24-22-20-18-16-14-12-10-8-6-4-2/h32-33H,3-30H2,1-2H3. The van der Waals surface area contributed by atoms with Gasteiger partial charge < -0.3 is 19.7 Å². The van der Waals surface area contributed by atoms with Crippen molar-refractivity contribution in [3.8, 4) is 0 Å². The molecule has 0 aliphatic rings. The largest absolute Gasteiger partial charge is 0.396 e. The van der Waals surface area contributed by atoms with Gasteiger partial charge in [-0.15, -0.1) is 0 Å². The second-order valence-electron chi connectivity index (χ2n) is 11.0. The smallest absolute Gasteiger partial charge is 0.0632 e. The van der Waals surface area contributed by atoms with E-state index in [1.165, 1.54) is 128 Å². The Bertz CT molecular complexity index is 352. The third kappa shape index (κ3) is 24.0. The van der Waals surface area contributed by atoms with Crippen LogP contribution in [0.1, 0.15) is 155 Å². The molecule has 0 saturated carbocycles. The first kappa shape index (κ1) is 34.8. The lowest BCUT2D eigenvalue weighted by Gasteiger charge is -2.29. The fourth-order valence-electron chi connectivity index (χ4n) is 4.59. The molecule has 0 radical (unpaired) electrons. The molecule has 0 bridgehead atoms. The fourth-order valence-corrected chi connectivity index (χ4v) is 4.59. The van der Waals surface area contributed by atoms with Crippen LogP contribution in [0.25, 0.3) is 0 Å². The molecule has 0 saturated heterocycles. The molecule has 4 heteroatoms. The summed E-state index contributed by atoms with van der Waals surface area (Å²) in [6, 6.07) is 0. The Labute approximate surface area is 220 Å². The van der Waals surface area contributed by atoms with Crippen LogP contribution in [0.4, 0.5) is 0 Å². The molecule has 212 valence electrons. The van der Waals surface area contributed by atoms with E-state index in [0.29, 0.717) is 26.4 Å². The molecule has 0 aliphatic carbocycles. The monoisotopic (exact) mass is 500 g/mol. The molecule has 0 aliphatic heterocycles. The normalized spacial score (nSPS) is 12.0. The summed E-state index contributed by atoms with van der Waals surface area (Å²) in [6.45, 7) is 6.50. The molecule has 0 fully saturated rings. The van der Waals surface area contributed by atoms with Crippen molar-refractivity contribution < 1.29 is 19.7 Å². The highest BCUT2D eigenvalue weighted by atomic mass is 16.5. The number of aliphatic hydroxyl groups excluding tert-OH is 2. The van der Waals surface area contributed by atoms with Gasteiger partial charge in [-0.1, -0.05) is 142 Å². The van der Waals surface area contributed by atoms with E-state index in [-0.39, 0.29) is 13.2 Å². The second-order valence-corrected chi connectivity index (χ2v) is 11.0. The van der Waals surface area contributed by atoms with Gasteiger partial charge in [-0.2, -0.15) is 0 Å². The van der Waals surface area contributed by atoms with Crippen molar-refractivity contribution in [3.05, 3.63) is 0 Å². The molecule has 4 nitrogen and oxygen atoms in total. The van der Waals surface area contributed by atoms with Gasteiger partial charge in [0.2, 0.25) is 0 Å². The molecule has 0 aromatic rings. The van der Waals surface area contributed by atoms with E-state index in [4.69, 9.17) is 9.47 Å². The maximum absolute atomic E-state index is 9.84. The van der Waals surface area contributed by atoms with E-state index < -0.39 is 5.41 Å². The molecule has 0 spiro atoms. The van der Waals surface area contributed by atoms with Crippen LogP contribution in [0, 0.1) is 5.41 Å². The summed E-state index contributed by atoms with van der Waals surface area (Å²) in [5.74, 6) is 0. The van der Waals surface area contributed by atoms with Crippen molar-refractivity contribution in [2.75, 3.05) is 39.6 Å². The SMILES string of the molecule is CCCCCCCCCCCCCOCC(CO)(CO)COCCCCCCCCCCCCC. The first-order valence-electron chi connectivity index (χ1n) is 15.6. The van der Waals surface area contributed by atoms with E-state index >= 15 is 0 Å². The zero-order valence-corrected chi connectivity index (χ0v) is 24.0. The molecular formula is C31H64O4. The molecule has 0 heterocycles. The van der Waals surface area contributed by atoms with Crippen LogP contribution in [0.5, 0.6) is 0 Å². The molecule has 0 rings (SSSR count). The summed E-state index contributed by atoms with van der Waals surface area (Å²) < 4.78 is 11.7. The number of ether oxygens (including phenoxy) is 2. The van der Waals surface area contributed by atoms with Gasteiger partial charge in [-0.05, 0) is 12.8 Å². The number of unbranched alkanes of at least 4 members (excludes halogenated alkanes) is 20. The van der Waals surface area contributed by atoms with E-state index in [1.807, 2.05) is 0 Å². The Morgan fingerprint density at radius 1 is 0.400 bits per heavy atom. The molecule has 0 atom stereocenters. The van der Waals surface area contributed by atoms with Crippen LogP contribution in [-0.4, -0.2) is 49.9 Å². The number of rotatable bonds is 30. The average Bonchev–Trinajstić information content (AvgIpc) is 2.88. The topological polar surface area (TPSA) is 58.9 Å². The lowest BCUT2D eigenvalue weighted by molar-refractivity contribution is -0.0776. The minimum Gasteiger partial charge on any atom is -0.396 e. The maximum atomic E-state index is 9.84. The minimum atomic E-state index is -0.671. The molecule has 0 amide bonds. The van der Waals surface area contributed by atoms with Crippen molar-refractivity contribution in [2.24, 2.45) is 5.41 Å². The summed E-state index contributed by atoms with van der Waals surface area (Å²) in [5.41, 5.74) is -0.671. The Kier molecular flexibility index (Phi) is 28.3. The summed E-state index contributed by atoms with van der Waals surface area (Å²) in [5, 5.41) is 19.7.